The maximum atomic E-state index is 10.3. The third kappa shape index (κ3) is 5.74. The van der Waals surface area contributed by atoms with Gasteiger partial charge in [-0.15, -0.1) is 0 Å². The second kappa shape index (κ2) is 8.38. The molecule has 106 valence electrons. The second-order valence-electron chi connectivity index (χ2n) is 3.03. The quantitative estimate of drug-likeness (QED) is 0.689. The summed E-state index contributed by atoms with van der Waals surface area (Å²) in [6, 6.07) is 0. The molecule has 2 aliphatic heterocycles. The van der Waals surface area contributed by atoms with E-state index in [2.05, 4.69) is 17.8 Å². The molecule has 3 unspecified atom stereocenters. The van der Waals surface area contributed by atoms with Crippen LogP contribution in [-0.4, -0.2) is 49.4 Å². The average Bonchev–Trinajstić information content (AvgIpc) is 2.90. The highest BCUT2D eigenvalue weighted by Crippen LogP contribution is 2.08. The van der Waals surface area contributed by atoms with E-state index in [1.54, 1.807) is 0 Å². The van der Waals surface area contributed by atoms with Crippen LogP contribution in [0.25, 0.3) is 0 Å². The van der Waals surface area contributed by atoms with Gasteiger partial charge in [-0.05, 0) is 13.8 Å². The van der Waals surface area contributed by atoms with Crippen LogP contribution in [0.4, 0.5) is 4.79 Å². The van der Waals surface area contributed by atoms with E-state index in [9.17, 15) is 9.00 Å². The molecule has 0 bridgehead atoms. The van der Waals surface area contributed by atoms with Gasteiger partial charge in [0.15, 0.2) is 12.9 Å². The SMILES string of the molecule is CCOC1COC(=O)O1.CCOC1COS(=O)O1. The fraction of sp³-hybridized carbons (Fsp3) is 0.889. The molecule has 2 saturated heterocycles. The fourth-order valence-corrected chi connectivity index (χ4v) is 1.66. The van der Waals surface area contributed by atoms with Gasteiger partial charge in [0.1, 0.15) is 6.61 Å². The number of cyclic esters (lactones) is 2. The zero-order valence-corrected chi connectivity index (χ0v) is 11.0. The summed E-state index contributed by atoms with van der Waals surface area (Å²) in [4.78, 5) is 10.2. The Balaban J connectivity index is 0.000000180. The van der Waals surface area contributed by atoms with Crippen molar-refractivity contribution in [3.63, 3.8) is 0 Å². The minimum absolute atomic E-state index is 0.215. The van der Waals surface area contributed by atoms with Crippen molar-refractivity contribution in [3.05, 3.63) is 0 Å². The Kier molecular flexibility index (Phi) is 7.13. The molecule has 0 amide bonds. The molecule has 2 heterocycles. The van der Waals surface area contributed by atoms with Crippen LogP contribution in [0.5, 0.6) is 0 Å². The fourth-order valence-electron chi connectivity index (χ4n) is 1.10. The first-order chi connectivity index (χ1) is 8.65. The molecule has 2 aliphatic rings. The minimum Gasteiger partial charge on any atom is -0.428 e. The Hall–Kier alpha value is -0.740. The lowest BCUT2D eigenvalue weighted by atomic mass is 10.7. The van der Waals surface area contributed by atoms with Gasteiger partial charge in [0.2, 0.25) is 6.29 Å². The number of hydrogen-bond donors (Lipinski definition) is 0. The predicted octanol–water partition coefficient (Wildman–Crippen LogP) is 0.490. The summed E-state index contributed by atoms with van der Waals surface area (Å²) in [6.45, 7) is 5.22. The standard InChI is InChI=1S/C5H8O4.C4H8O4S/c1-2-7-4-3-8-5(6)9-4;1-2-6-4-3-7-9(5)8-4/h2*4H,2-3H2,1H3. The molecule has 0 aromatic carbocycles. The van der Waals surface area contributed by atoms with Crippen LogP contribution in [0.1, 0.15) is 13.8 Å². The molecule has 8 nitrogen and oxygen atoms in total. The van der Waals surface area contributed by atoms with Crippen molar-refractivity contribution in [3.8, 4) is 0 Å². The molecule has 2 fully saturated rings. The highest BCUT2D eigenvalue weighted by atomic mass is 32.2. The molecule has 0 saturated carbocycles. The summed E-state index contributed by atoms with van der Waals surface area (Å²) in [5.74, 6) is 0. The van der Waals surface area contributed by atoms with Gasteiger partial charge < -0.3 is 18.9 Å². The zero-order valence-electron chi connectivity index (χ0n) is 10.2. The Labute approximate surface area is 107 Å². The molecule has 0 aromatic rings. The lowest BCUT2D eigenvalue weighted by molar-refractivity contribution is -0.0721. The van der Waals surface area contributed by atoms with Crippen LogP contribution in [0.3, 0.4) is 0 Å². The van der Waals surface area contributed by atoms with Gasteiger partial charge in [-0.2, -0.15) is 4.21 Å². The number of rotatable bonds is 4. The van der Waals surface area contributed by atoms with Crippen molar-refractivity contribution in [1.29, 1.82) is 0 Å². The van der Waals surface area contributed by atoms with Crippen molar-refractivity contribution in [2.75, 3.05) is 26.4 Å². The highest BCUT2D eigenvalue weighted by molar-refractivity contribution is 7.75. The maximum absolute atomic E-state index is 10.3. The van der Waals surface area contributed by atoms with Crippen LogP contribution >= 0.6 is 0 Å². The van der Waals surface area contributed by atoms with E-state index in [1.165, 1.54) is 0 Å². The monoisotopic (exact) mass is 284 g/mol. The average molecular weight is 284 g/mol. The van der Waals surface area contributed by atoms with Gasteiger partial charge in [0.25, 0.3) is 0 Å². The van der Waals surface area contributed by atoms with Crippen molar-refractivity contribution >= 4 is 17.5 Å². The molecule has 0 aliphatic carbocycles. The third-order valence-electron chi connectivity index (χ3n) is 1.76. The summed E-state index contributed by atoms with van der Waals surface area (Å²) in [7, 11) is 0. The number of ether oxygens (including phenoxy) is 4. The molecule has 0 aromatic heterocycles. The summed E-state index contributed by atoms with van der Waals surface area (Å²) in [5.41, 5.74) is 0. The Morgan fingerprint density at radius 2 is 1.89 bits per heavy atom. The third-order valence-corrected chi connectivity index (χ3v) is 2.46. The zero-order chi connectivity index (χ0) is 13.4. The normalized spacial score (nSPS) is 30.3. The van der Waals surface area contributed by atoms with Crippen molar-refractivity contribution in [2.24, 2.45) is 0 Å². The van der Waals surface area contributed by atoms with Crippen molar-refractivity contribution < 1.29 is 36.3 Å². The molecule has 18 heavy (non-hydrogen) atoms. The summed E-state index contributed by atoms with van der Waals surface area (Å²) < 4.78 is 38.3. The molecule has 3 atom stereocenters. The summed E-state index contributed by atoms with van der Waals surface area (Å²) >= 11 is -1.58. The summed E-state index contributed by atoms with van der Waals surface area (Å²) in [5, 5.41) is 0. The van der Waals surface area contributed by atoms with Crippen LogP contribution in [0, 0.1) is 0 Å². The van der Waals surface area contributed by atoms with Gasteiger partial charge >= 0.3 is 17.5 Å². The first kappa shape index (κ1) is 15.3. The van der Waals surface area contributed by atoms with E-state index in [1.807, 2.05) is 13.8 Å². The van der Waals surface area contributed by atoms with Gasteiger partial charge in [-0.3, -0.25) is 4.18 Å². The van der Waals surface area contributed by atoms with Crippen LogP contribution in [-0.2, 0) is 38.7 Å². The number of carbonyl (C=O) groups is 1. The largest absolute Gasteiger partial charge is 0.510 e. The van der Waals surface area contributed by atoms with Gasteiger partial charge in [0, 0.05) is 13.2 Å². The van der Waals surface area contributed by atoms with E-state index in [4.69, 9.17) is 9.47 Å². The number of carbonyl (C=O) groups excluding carboxylic acids is 1. The first-order valence-corrected chi connectivity index (χ1v) is 6.44. The topological polar surface area (TPSA) is 89.5 Å². The van der Waals surface area contributed by atoms with Crippen LogP contribution in [0.2, 0.25) is 0 Å². The lowest BCUT2D eigenvalue weighted by Gasteiger charge is -2.03. The number of hydrogen-bond acceptors (Lipinski definition) is 8. The van der Waals surface area contributed by atoms with E-state index < -0.39 is 30.1 Å². The van der Waals surface area contributed by atoms with Crippen molar-refractivity contribution in [2.45, 2.75) is 26.4 Å². The predicted molar refractivity (Wildman–Crippen MR) is 58.4 cm³/mol. The molecule has 9 heteroatoms. The Morgan fingerprint density at radius 3 is 2.33 bits per heavy atom. The summed E-state index contributed by atoms with van der Waals surface area (Å²) in [6.07, 6.45) is -1.56. The Bertz CT molecular complexity index is 256. The van der Waals surface area contributed by atoms with E-state index >= 15 is 0 Å². The first-order valence-electron chi connectivity index (χ1n) is 5.44. The maximum Gasteiger partial charge on any atom is 0.510 e. The second-order valence-corrected chi connectivity index (χ2v) is 3.87. The van der Waals surface area contributed by atoms with E-state index in [0.29, 0.717) is 13.2 Å². The molecular formula is C9H16O8S. The minimum atomic E-state index is -1.58. The van der Waals surface area contributed by atoms with Gasteiger partial charge in [0.05, 0.1) is 0 Å². The lowest BCUT2D eigenvalue weighted by Crippen LogP contribution is -2.13. The highest BCUT2D eigenvalue weighted by Gasteiger charge is 2.24. The Morgan fingerprint density at radius 1 is 1.22 bits per heavy atom. The van der Waals surface area contributed by atoms with E-state index in [-0.39, 0.29) is 13.2 Å². The van der Waals surface area contributed by atoms with Crippen LogP contribution in [0.15, 0.2) is 0 Å². The van der Waals surface area contributed by atoms with Crippen molar-refractivity contribution in [1.82, 2.24) is 0 Å². The van der Waals surface area contributed by atoms with Crippen LogP contribution < -0.4 is 0 Å². The molecule has 0 spiro atoms. The van der Waals surface area contributed by atoms with Gasteiger partial charge in [-0.25, -0.2) is 8.98 Å². The van der Waals surface area contributed by atoms with Gasteiger partial charge in [-0.1, -0.05) is 0 Å². The molecule has 0 radical (unpaired) electrons. The molecule has 2 rings (SSSR count). The van der Waals surface area contributed by atoms with E-state index in [0.717, 1.165) is 0 Å². The molecule has 0 N–H and O–H groups in total. The molecular weight excluding hydrogens is 268 g/mol. The smallest absolute Gasteiger partial charge is 0.428 e.